The number of aromatic nitrogens is 1. The molecule has 1 aliphatic heterocycles. The molecule has 3 rings (SSSR count). The van der Waals surface area contributed by atoms with Gasteiger partial charge in [-0.15, -0.1) is 11.3 Å². The first-order chi connectivity index (χ1) is 9.20. The van der Waals surface area contributed by atoms with Crippen molar-refractivity contribution in [3.63, 3.8) is 0 Å². The van der Waals surface area contributed by atoms with Gasteiger partial charge in [0.2, 0.25) is 5.91 Å². The van der Waals surface area contributed by atoms with Gasteiger partial charge in [-0.25, -0.2) is 4.98 Å². The highest BCUT2D eigenvalue weighted by Gasteiger charge is 2.57. The average Bonchev–Trinajstić information content (AvgIpc) is 2.93. The number of thiazole rings is 1. The fourth-order valence-electron chi connectivity index (χ4n) is 3.13. The Hall–Kier alpha value is -0.940. The minimum Gasteiger partial charge on any atom is -0.355 e. The van der Waals surface area contributed by atoms with Crippen LogP contribution in [-0.2, 0) is 11.2 Å². The van der Waals surface area contributed by atoms with Crippen LogP contribution in [0.3, 0.4) is 0 Å². The Morgan fingerprint density at radius 3 is 3.05 bits per heavy atom. The van der Waals surface area contributed by atoms with E-state index < -0.39 is 0 Å². The number of nitrogens with zero attached hydrogens (tertiary/aromatic N) is 1. The first-order valence-corrected chi connectivity index (χ1v) is 7.97. The predicted octanol–water partition coefficient (Wildman–Crippen LogP) is 1.50. The summed E-state index contributed by atoms with van der Waals surface area (Å²) in [6, 6.07) is 0. The number of carbonyl (C=O) groups excluding carboxylic acids is 1. The molecule has 5 heteroatoms. The lowest BCUT2D eigenvalue weighted by atomic mass is 9.92. The smallest absolute Gasteiger partial charge is 0.223 e. The quantitative estimate of drug-likeness (QED) is 0.878. The molecule has 1 aliphatic carbocycles. The molecule has 0 aromatic carbocycles. The lowest BCUT2D eigenvalue weighted by molar-refractivity contribution is -0.123. The number of nitrogens with one attached hydrogen (secondary N) is 2. The number of piperidine rings is 1. The fourth-order valence-corrected chi connectivity index (χ4v) is 3.90. The SMILES string of the molecule is Cc1csc(CCNC(=O)C2CC23CCNCC3)n1. The molecule has 1 saturated carbocycles. The molecule has 2 aliphatic rings. The number of amides is 1. The molecule has 104 valence electrons. The third-order valence-electron chi connectivity index (χ3n) is 4.41. The van der Waals surface area contributed by atoms with E-state index in [0.29, 0.717) is 5.41 Å². The fraction of sp³-hybridized carbons (Fsp3) is 0.714. The Morgan fingerprint density at radius 2 is 2.37 bits per heavy atom. The van der Waals surface area contributed by atoms with E-state index in [1.807, 2.05) is 6.92 Å². The van der Waals surface area contributed by atoms with Crippen LogP contribution in [0.2, 0.25) is 0 Å². The van der Waals surface area contributed by atoms with Gasteiger partial charge in [0.05, 0.1) is 5.01 Å². The molecule has 2 heterocycles. The lowest BCUT2D eigenvalue weighted by Gasteiger charge is -2.23. The van der Waals surface area contributed by atoms with Gasteiger partial charge in [0.25, 0.3) is 0 Å². The molecule has 1 spiro atoms. The Bertz CT molecular complexity index is 465. The van der Waals surface area contributed by atoms with Crippen molar-refractivity contribution in [2.24, 2.45) is 11.3 Å². The van der Waals surface area contributed by atoms with Gasteiger partial charge in [-0.2, -0.15) is 0 Å². The maximum Gasteiger partial charge on any atom is 0.223 e. The number of hydrogen-bond donors (Lipinski definition) is 2. The van der Waals surface area contributed by atoms with E-state index in [2.05, 4.69) is 21.0 Å². The molecule has 1 amide bonds. The summed E-state index contributed by atoms with van der Waals surface area (Å²) in [6.45, 7) is 4.87. The molecule has 1 aromatic rings. The second-order valence-corrected chi connectivity index (χ2v) is 6.74. The summed E-state index contributed by atoms with van der Waals surface area (Å²) in [6.07, 6.45) is 4.27. The summed E-state index contributed by atoms with van der Waals surface area (Å²) in [5.74, 6) is 0.530. The van der Waals surface area contributed by atoms with Gasteiger partial charge in [0.15, 0.2) is 0 Å². The van der Waals surface area contributed by atoms with Gasteiger partial charge in [0, 0.05) is 30.0 Å². The standard InChI is InChI=1S/C14H21N3OS/c1-10-9-19-12(17-10)2-5-16-13(18)11-8-14(11)3-6-15-7-4-14/h9,11,15H,2-8H2,1H3,(H,16,18). The topological polar surface area (TPSA) is 54.0 Å². The van der Waals surface area contributed by atoms with Crippen LogP contribution in [-0.4, -0.2) is 30.5 Å². The molecule has 1 aromatic heterocycles. The molecule has 2 N–H and O–H groups in total. The summed E-state index contributed by atoms with van der Waals surface area (Å²) in [7, 11) is 0. The Morgan fingerprint density at radius 1 is 1.58 bits per heavy atom. The van der Waals surface area contributed by atoms with Gasteiger partial charge in [-0.3, -0.25) is 4.79 Å². The summed E-state index contributed by atoms with van der Waals surface area (Å²) in [5, 5.41) is 9.62. The normalized spacial score (nSPS) is 24.4. The van der Waals surface area contributed by atoms with Crippen LogP contribution in [0.4, 0.5) is 0 Å². The maximum absolute atomic E-state index is 12.1. The van der Waals surface area contributed by atoms with Crippen LogP contribution in [0.1, 0.15) is 30.0 Å². The minimum atomic E-state index is 0.259. The van der Waals surface area contributed by atoms with E-state index in [1.165, 1.54) is 0 Å². The number of hydrogen-bond acceptors (Lipinski definition) is 4. The van der Waals surface area contributed by atoms with Crippen molar-refractivity contribution in [3.05, 3.63) is 16.1 Å². The molecule has 1 atom stereocenters. The predicted molar refractivity (Wildman–Crippen MR) is 76.2 cm³/mol. The van der Waals surface area contributed by atoms with Gasteiger partial charge in [-0.1, -0.05) is 0 Å². The second kappa shape index (κ2) is 5.21. The van der Waals surface area contributed by atoms with E-state index in [0.717, 1.165) is 56.0 Å². The molecular formula is C14H21N3OS. The van der Waals surface area contributed by atoms with Crippen molar-refractivity contribution < 1.29 is 4.79 Å². The van der Waals surface area contributed by atoms with Gasteiger partial charge >= 0.3 is 0 Å². The summed E-state index contributed by atoms with van der Waals surface area (Å²) in [4.78, 5) is 16.5. The lowest BCUT2D eigenvalue weighted by Crippen LogP contribution is -2.34. The van der Waals surface area contributed by atoms with Crippen molar-refractivity contribution in [1.82, 2.24) is 15.6 Å². The molecule has 0 bridgehead atoms. The summed E-state index contributed by atoms with van der Waals surface area (Å²) < 4.78 is 0. The zero-order valence-corrected chi connectivity index (χ0v) is 12.2. The molecular weight excluding hydrogens is 258 g/mol. The van der Waals surface area contributed by atoms with Crippen LogP contribution >= 0.6 is 11.3 Å². The highest BCUT2D eigenvalue weighted by atomic mass is 32.1. The van der Waals surface area contributed by atoms with E-state index in [9.17, 15) is 4.79 Å². The summed E-state index contributed by atoms with van der Waals surface area (Å²) >= 11 is 1.68. The highest BCUT2D eigenvalue weighted by molar-refractivity contribution is 7.09. The van der Waals surface area contributed by atoms with Gasteiger partial charge in [-0.05, 0) is 44.7 Å². The molecule has 1 unspecified atom stereocenters. The van der Waals surface area contributed by atoms with Crippen LogP contribution in [0, 0.1) is 18.3 Å². The largest absolute Gasteiger partial charge is 0.355 e. The van der Waals surface area contributed by atoms with Gasteiger partial charge < -0.3 is 10.6 Å². The van der Waals surface area contributed by atoms with Crippen LogP contribution < -0.4 is 10.6 Å². The molecule has 1 saturated heterocycles. The maximum atomic E-state index is 12.1. The highest BCUT2D eigenvalue weighted by Crippen LogP contribution is 2.58. The van der Waals surface area contributed by atoms with E-state index in [-0.39, 0.29) is 11.8 Å². The molecule has 4 nitrogen and oxygen atoms in total. The number of rotatable bonds is 4. The van der Waals surface area contributed by atoms with Crippen molar-refractivity contribution in [1.29, 1.82) is 0 Å². The van der Waals surface area contributed by atoms with Crippen molar-refractivity contribution in [3.8, 4) is 0 Å². The Kier molecular flexibility index (Phi) is 3.58. The minimum absolute atomic E-state index is 0.259. The van der Waals surface area contributed by atoms with Crippen LogP contribution in [0.25, 0.3) is 0 Å². The third kappa shape index (κ3) is 2.82. The zero-order chi connectivity index (χ0) is 13.3. The molecule has 0 radical (unpaired) electrons. The van der Waals surface area contributed by atoms with Gasteiger partial charge in [0.1, 0.15) is 0 Å². The first kappa shape index (κ1) is 13.1. The third-order valence-corrected chi connectivity index (χ3v) is 5.44. The Labute approximate surface area is 118 Å². The van der Waals surface area contributed by atoms with Crippen molar-refractivity contribution in [2.75, 3.05) is 19.6 Å². The average molecular weight is 279 g/mol. The first-order valence-electron chi connectivity index (χ1n) is 7.09. The molecule has 2 fully saturated rings. The van der Waals surface area contributed by atoms with E-state index in [1.54, 1.807) is 11.3 Å². The van der Waals surface area contributed by atoms with Crippen molar-refractivity contribution >= 4 is 17.2 Å². The van der Waals surface area contributed by atoms with Crippen LogP contribution in [0.5, 0.6) is 0 Å². The summed E-state index contributed by atoms with van der Waals surface area (Å²) in [5.41, 5.74) is 1.41. The molecule has 19 heavy (non-hydrogen) atoms. The van der Waals surface area contributed by atoms with E-state index in [4.69, 9.17) is 0 Å². The Balaban J connectivity index is 1.43. The van der Waals surface area contributed by atoms with E-state index >= 15 is 0 Å². The number of aryl methyl sites for hydroxylation is 1. The zero-order valence-electron chi connectivity index (χ0n) is 11.4. The van der Waals surface area contributed by atoms with Crippen molar-refractivity contribution in [2.45, 2.75) is 32.6 Å². The number of carbonyl (C=O) groups is 1. The monoisotopic (exact) mass is 279 g/mol. The van der Waals surface area contributed by atoms with Crippen LogP contribution in [0.15, 0.2) is 5.38 Å². The second-order valence-electron chi connectivity index (χ2n) is 5.79.